The van der Waals surface area contributed by atoms with Crippen molar-refractivity contribution in [2.75, 3.05) is 17.7 Å². The van der Waals surface area contributed by atoms with Crippen molar-refractivity contribution >= 4 is 34.1 Å². The molecule has 0 unspecified atom stereocenters. The van der Waals surface area contributed by atoms with Crippen molar-refractivity contribution in [2.24, 2.45) is 4.99 Å². The first-order chi connectivity index (χ1) is 17.9. The van der Waals surface area contributed by atoms with Crippen molar-refractivity contribution in [2.45, 2.75) is 26.0 Å². The lowest BCUT2D eigenvalue weighted by atomic mass is 10.1. The lowest BCUT2D eigenvalue weighted by Gasteiger charge is -2.12. The molecule has 2 aromatic carbocycles. The Morgan fingerprint density at radius 1 is 1.14 bits per heavy atom. The normalized spacial score (nSPS) is 14.5. The van der Waals surface area contributed by atoms with E-state index in [0.29, 0.717) is 63.6 Å². The number of aromatic nitrogens is 6. The van der Waals surface area contributed by atoms with E-state index in [1.54, 1.807) is 41.3 Å². The molecule has 12 nitrogen and oxygen atoms in total. The molecule has 0 bridgehead atoms. The second-order valence-corrected chi connectivity index (χ2v) is 9.21. The Balaban J connectivity index is 1.28. The zero-order chi connectivity index (χ0) is 25.6. The molecule has 3 aromatic heterocycles. The molecule has 4 heterocycles. The van der Waals surface area contributed by atoms with E-state index in [2.05, 4.69) is 35.5 Å². The molecule has 6 rings (SSSR count). The number of aliphatic hydroxyl groups excluding tert-OH is 1. The third-order valence-corrected chi connectivity index (χ3v) is 5.81. The third-order valence-electron chi connectivity index (χ3n) is 5.81. The average Bonchev–Trinajstić information content (AvgIpc) is 3.49. The maximum absolute atomic E-state index is 9.99. The van der Waals surface area contributed by atoms with Gasteiger partial charge in [-0.05, 0) is 50.2 Å². The molecule has 5 aromatic rings. The molecule has 0 aliphatic carbocycles. The average molecular weight is 498 g/mol. The van der Waals surface area contributed by atoms with Crippen molar-refractivity contribution < 1.29 is 14.6 Å². The summed E-state index contributed by atoms with van der Waals surface area (Å²) in [7, 11) is 0. The fraction of sp³-hybridized carbons (Fsp3) is 0.200. The molecule has 0 amide bonds. The highest BCUT2D eigenvalue weighted by Gasteiger charge is 2.26. The first kappa shape index (κ1) is 22.6. The molecule has 0 saturated carbocycles. The fourth-order valence-electron chi connectivity index (χ4n) is 3.95. The van der Waals surface area contributed by atoms with Crippen molar-refractivity contribution in [1.29, 1.82) is 0 Å². The van der Waals surface area contributed by atoms with Gasteiger partial charge in [-0.1, -0.05) is 0 Å². The summed E-state index contributed by atoms with van der Waals surface area (Å²) >= 11 is 0. The summed E-state index contributed by atoms with van der Waals surface area (Å²) in [6.07, 6.45) is 3.10. The molecule has 0 fully saturated rings. The number of aliphatic hydroxyl groups is 1. The molecule has 0 radical (unpaired) electrons. The molecule has 0 saturated heterocycles. The van der Waals surface area contributed by atoms with Crippen LogP contribution in [0.1, 0.15) is 19.4 Å². The van der Waals surface area contributed by atoms with Crippen LogP contribution in [0.3, 0.4) is 0 Å². The van der Waals surface area contributed by atoms with Gasteiger partial charge in [-0.2, -0.15) is 0 Å². The van der Waals surface area contributed by atoms with Gasteiger partial charge in [0.15, 0.2) is 11.5 Å². The SMILES string of the molecule is CC1(C)COC(Nc2ccc3nc(-c4ccc(Oc5cc6nncn6cn5)c(CO)c4)nc(N)c3c2)=N1. The van der Waals surface area contributed by atoms with Gasteiger partial charge in [-0.3, -0.25) is 4.40 Å². The molecule has 12 heteroatoms. The molecular weight excluding hydrogens is 474 g/mol. The standard InChI is InChI=1S/C25H23N9O3/c1-25(2)11-36-24(32-25)29-16-4-5-18-17(8-16)22(26)31-23(30-18)14-3-6-19(15(7-14)10-35)37-21-9-20-33-28-13-34(20)12-27-21/h3-9,12-13,35H,10-11H2,1-2H3,(H,29,32)(H2,26,30,31). The monoisotopic (exact) mass is 497 g/mol. The molecule has 0 atom stereocenters. The summed E-state index contributed by atoms with van der Waals surface area (Å²) in [5.41, 5.74) is 9.34. The molecular formula is C25H23N9O3. The van der Waals surface area contributed by atoms with Crippen molar-refractivity contribution in [1.82, 2.24) is 29.5 Å². The number of benzene rings is 2. The second-order valence-electron chi connectivity index (χ2n) is 9.21. The van der Waals surface area contributed by atoms with Gasteiger partial charge in [-0.25, -0.2) is 19.9 Å². The second kappa shape index (κ2) is 8.68. The van der Waals surface area contributed by atoms with Crippen LogP contribution in [0, 0.1) is 0 Å². The first-order valence-corrected chi connectivity index (χ1v) is 11.5. The molecule has 4 N–H and O–H groups in total. The molecule has 1 aliphatic rings. The van der Waals surface area contributed by atoms with Crippen LogP contribution in [-0.4, -0.2) is 52.8 Å². The molecule has 37 heavy (non-hydrogen) atoms. The van der Waals surface area contributed by atoms with Crippen LogP contribution >= 0.6 is 0 Å². The summed E-state index contributed by atoms with van der Waals surface area (Å²) in [5.74, 6) is 1.54. The van der Waals surface area contributed by atoms with E-state index >= 15 is 0 Å². The lowest BCUT2D eigenvalue weighted by Crippen LogP contribution is -2.17. The van der Waals surface area contributed by atoms with E-state index in [1.165, 1.54) is 0 Å². The zero-order valence-corrected chi connectivity index (χ0v) is 20.1. The Hall–Kier alpha value is -4.84. The lowest BCUT2D eigenvalue weighted by molar-refractivity contribution is 0.276. The summed E-state index contributed by atoms with van der Waals surface area (Å²) < 4.78 is 13.2. The van der Waals surface area contributed by atoms with Gasteiger partial charge in [0.05, 0.1) is 17.7 Å². The summed E-state index contributed by atoms with van der Waals surface area (Å²) in [6, 6.07) is 13.0. The van der Waals surface area contributed by atoms with Gasteiger partial charge >= 0.3 is 0 Å². The minimum atomic E-state index is -0.258. The van der Waals surface area contributed by atoms with Crippen molar-refractivity contribution in [3.8, 4) is 23.0 Å². The highest BCUT2D eigenvalue weighted by atomic mass is 16.5. The summed E-state index contributed by atoms with van der Waals surface area (Å²) in [6.45, 7) is 4.28. The van der Waals surface area contributed by atoms with Gasteiger partial charge < -0.3 is 25.6 Å². The number of nitrogens with one attached hydrogen (secondary N) is 1. The first-order valence-electron chi connectivity index (χ1n) is 11.5. The molecule has 0 spiro atoms. The number of hydrogen-bond acceptors (Lipinski definition) is 11. The Bertz CT molecular complexity index is 1680. The van der Waals surface area contributed by atoms with E-state index in [-0.39, 0.29) is 12.1 Å². The van der Waals surface area contributed by atoms with E-state index < -0.39 is 0 Å². The largest absolute Gasteiger partial charge is 0.462 e. The number of anilines is 2. The van der Waals surface area contributed by atoms with Crippen molar-refractivity contribution in [3.05, 3.63) is 60.7 Å². The maximum atomic E-state index is 9.99. The number of nitrogen functional groups attached to an aromatic ring is 1. The summed E-state index contributed by atoms with van der Waals surface area (Å²) in [4.78, 5) is 17.9. The zero-order valence-electron chi connectivity index (χ0n) is 20.1. The third kappa shape index (κ3) is 4.45. The van der Waals surface area contributed by atoms with Crippen LogP contribution in [-0.2, 0) is 11.3 Å². The number of ether oxygens (including phenoxy) is 2. The van der Waals surface area contributed by atoms with Gasteiger partial charge in [0.1, 0.15) is 30.8 Å². The number of fused-ring (bicyclic) bond motifs is 2. The number of nitrogens with two attached hydrogens (primary N) is 1. The maximum Gasteiger partial charge on any atom is 0.289 e. The van der Waals surface area contributed by atoms with Crippen LogP contribution in [0.5, 0.6) is 11.6 Å². The number of rotatable bonds is 5. The number of aliphatic imine (C=N–C) groups is 1. The highest BCUT2D eigenvalue weighted by molar-refractivity contribution is 5.96. The minimum Gasteiger partial charge on any atom is -0.462 e. The van der Waals surface area contributed by atoms with Gasteiger partial charge in [0, 0.05) is 28.3 Å². The topological polar surface area (TPSA) is 158 Å². The van der Waals surface area contributed by atoms with Gasteiger partial charge in [0.2, 0.25) is 5.88 Å². The Kier molecular flexibility index (Phi) is 5.30. The molecule has 186 valence electrons. The Morgan fingerprint density at radius 2 is 2.03 bits per heavy atom. The predicted molar refractivity (Wildman–Crippen MR) is 137 cm³/mol. The van der Waals surface area contributed by atoms with Crippen molar-refractivity contribution in [3.63, 3.8) is 0 Å². The minimum absolute atomic E-state index is 0.253. The summed E-state index contributed by atoms with van der Waals surface area (Å²) in [5, 5.41) is 21.7. The van der Waals surface area contributed by atoms with Crippen LogP contribution in [0.2, 0.25) is 0 Å². The van der Waals surface area contributed by atoms with Crippen LogP contribution in [0.4, 0.5) is 11.5 Å². The van der Waals surface area contributed by atoms with E-state index in [9.17, 15) is 5.11 Å². The van der Waals surface area contributed by atoms with E-state index in [1.807, 2.05) is 32.0 Å². The number of nitrogens with zero attached hydrogens (tertiary/aromatic N) is 7. The smallest absolute Gasteiger partial charge is 0.289 e. The van der Waals surface area contributed by atoms with E-state index in [0.717, 1.165) is 5.69 Å². The van der Waals surface area contributed by atoms with Crippen LogP contribution < -0.4 is 15.8 Å². The molecule has 1 aliphatic heterocycles. The quantitative estimate of drug-likeness (QED) is 0.329. The Labute approximate surface area is 210 Å². The fourth-order valence-corrected chi connectivity index (χ4v) is 3.95. The predicted octanol–water partition coefficient (Wildman–Crippen LogP) is 3.18. The van der Waals surface area contributed by atoms with Gasteiger partial charge in [-0.15, -0.1) is 10.2 Å². The number of amidine groups is 1. The highest BCUT2D eigenvalue weighted by Crippen LogP contribution is 2.31. The van der Waals surface area contributed by atoms with E-state index in [4.69, 9.17) is 15.2 Å². The van der Waals surface area contributed by atoms with Crippen LogP contribution in [0.25, 0.3) is 27.9 Å². The van der Waals surface area contributed by atoms with Crippen LogP contribution in [0.15, 0.2) is 60.1 Å². The van der Waals surface area contributed by atoms with Gasteiger partial charge in [0.25, 0.3) is 6.02 Å². The Morgan fingerprint density at radius 3 is 2.84 bits per heavy atom. The number of hydrogen-bond donors (Lipinski definition) is 3.